The third kappa shape index (κ3) is 4.49. The number of piperidine rings is 1. The first-order valence-electron chi connectivity index (χ1n) is 10.9. The van der Waals surface area contributed by atoms with Crippen LogP contribution in [0.1, 0.15) is 28.8 Å². The molecule has 2 aromatic rings. The van der Waals surface area contributed by atoms with Crippen LogP contribution in [0.2, 0.25) is 0 Å². The highest BCUT2D eigenvalue weighted by Crippen LogP contribution is 2.41. The number of thiophene rings is 1. The molecule has 7 nitrogen and oxygen atoms in total. The zero-order valence-electron chi connectivity index (χ0n) is 17.9. The van der Waals surface area contributed by atoms with Crippen LogP contribution in [0.25, 0.3) is 10.2 Å². The van der Waals surface area contributed by atoms with Gasteiger partial charge in [-0.15, -0.1) is 34.5 Å². The molecule has 3 aliphatic heterocycles. The number of nitrogens with zero attached hydrogens (tertiary/aromatic N) is 4. The van der Waals surface area contributed by atoms with E-state index >= 15 is 0 Å². The van der Waals surface area contributed by atoms with E-state index < -0.39 is 17.8 Å². The lowest BCUT2D eigenvalue weighted by molar-refractivity contribution is -0.136. The molecule has 2 amide bonds. The Morgan fingerprint density at radius 3 is 2.26 bits per heavy atom. The molecule has 2 aromatic heterocycles. The van der Waals surface area contributed by atoms with E-state index in [1.165, 1.54) is 15.2 Å². The van der Waals surface area contributed by atoms with Gasteiger partial charge in [-0.05, 0) is 6.07 Å². The fourth-order valence-corrected chi connectivity index (χ4v) is 5.96. The molecule has 184 valence electrons. The second kappa shape index (κ2) is 8.91. The largest absolute Gasteiger partial charge is 0.446 e. The average Bonchev–Trinajstić information content (AvgIpc) is 3.17. The molecule has 0 N–H and O–H groups in total. The minimum atomic E-state index is -4.59. The number of hydrogen-bond donors (Lipinski definition) is 0. The molecular formula is C21H21Cl2F3N4O3S. The number of amides is 2. The highest BCUT2D eigenvalue weighted by Gasteiger charge is 2.38. The van der Waals surface area contributed by atoms with Gasteiger partial charge in [-0.2, -0.15) is 13.2 Å². The van der Waals surface area contributed by atoms with E-state index in [1.54, 1.807) is 4.90 Å². The van der Waals surface area contributed by atoms with Crippen LogP contribution >= 0.6 is 34.5 Å². The van der Waals surface area contributed by atoms with Gasteiger partial charge >= 0.3 is 12.3 Å². The third-order valence-corrected chi connectivity index (χ3v) is 7.85. The number of ether oxygens (including phenoxy) is 1. The SMILES string of the molecule is O=C(OC1CCN(c2cc(C(F)(F)F)c3scc(C(=O)N4CC(Cl)C4)c3n2)CC1)N1CC(Cl)C1. The van der Waals surface area contributed by atoms with E-state index in [0.29, 0.717) is 52.1 Å². The summed E-state index contributed by atoms with van der Waals surface area (Å²) in [7, 11) is 0. The molecule has 0 spiro atoms. The summed E-state index contributed by atoms with van der Waals surface area (Å²) >= 11 is 12.7. The maximum atomic E-state index is 13.9. The summed E-state index contributed by atoms with van der Waals surface area (Å²) in [6.45, 7) is 2.37. The van der Waals surface area contributed by atoms with Gasteiger partial charge in [0.1, 0.15) is 11.9 Å². The van der Waals surface area contributed by atoms with Crippen LogP contribution in [0.4, 0.5) is 23.8 Å². The normalized spacial score (nSPS) is 20.4. The topological polar surface area (TPSA) is 66.0 Å². The Labute approximate surface area is 207 Å². The van der Waals surface area contributed by atoms with E-state index in [2.05, 4.69) is 4.98 Å². The van der Waals surface area contributed by atoms with E-state index in [0.717, 1.165) is 17.4 Å². The van der Waals surface area contributed by atoms with E-state index in [-0.39, 0.29) is 44.4 Å². The summed E-state index contributed by atoms with van der Waals surface area (Å²) in [5.74, 6) is -0.208. The number of halogens is 5. The van der Waals surface area contributed by atoms with Crippen molar-refractivity contribution in [3.8, 4) is 0 Å². The monoisotopic (exact) mass is 536 g/mol. The second-order valence-electron chi connectivity index (χ2n) is 8.73. The minimum absolute atomic E-state index is 0.0513. The molecule has 34 heavy (non-hydrogen) atoms. The minimum Gasteiger partial charge on any atom is -0.446 e. The molecule has 5 rings (SSSR count). The molecule has 0 aromatic carbocycles. The van der Waals surface area contributed by atoms with Crippen molar-refractivity contribution >= 4 is 62.6 Å². The van der Waals surface area contributed by atoms with Crippen molar-refractivity contribution in [3.63, 3.8) is 0 Å². The lowest BCUT2D eigenvalue weighted by Crippen LogP contribution is -2.52. The summed E-state index contributed by atoms with van der Waals surface area (Å²) in [4.78, 5) is 34.2. The van der Waals surface area contributed by atoms with Crippen molar-refractivity contribution in [1.82, 2.24) is 14.8 Å². The van der Waals surface area contributed by atoms with Gasteiger partial charge in [-0.3, -0.25) is 4.79 Å². The zero-order chi connectivity index (χ0) is 24.2. The van der Waals surface area contributed by atoms with Crippen LogP contribution in [0.5, 0.6) is 0 Å². The van der Waals surface area contributed by atoms with Gasteiger partial charge in [0.25, 0.3) is 5.91 Å². The standard InChI is InChI=1S/C21H21Cl2F3N4O3S/c22-11-6-29(7-11)19(31)14-10-34-18-15(21(24,25)26)5-16(27-17(14)18)28-3-1-13(2-4-28)33-20(32)30-8-12(23)9-30/h5,10-13H,1-4,6-9H2. The number of rotatable bonds is 3. The third-order valence-electron chi connectivity index (χ3n) is 6.30. The molecular weight excluding hydrogens is 516 g/mol. The second-order valence-corrected chi connectivity index (χ2v) is 10.8. The summed E-state index contributed by atoms with van der Waals surface area (Å²) < 4.78 is 47.1. The molecule has 3 saturated heterocycles. The highest BCUT2D eigenvalue weighted by atomic mass is 35.5. The molecule has 3 fully saturated rings. The molecule has 0 atom stereocenters. The van der Waals surface area contributed by atoms with E-state index in [1.807, 2.05) is 0 Å². The maximum Gasteiger partial charge on any atom is 0.417 e. The number of alkyl halides is 5. The zero-order valence-corrected chi connectivity index (χ0v) is 20.2. The van der Waals surface area contributed by atoms with Gasteiger partial charge in [0.2, 0.25) is 0 Å². The van der Waals surface area contributed by atoms with Gasteiger partial charge < -0.3 is 19.4 Å². The van der Waals surface area contributed by atoms with Crippen molar-refractivity contribution in [2.45, 2.75) is 35.9 Å². The van der Waals surface area contributed by atoms with Crippen LogP contribution in [-0.4, -0.2) is 82.9 Å². The fourth-order valence-electron chi connectivity index (χ4n) is 4.27. The summed E-state index contributed by atoms with van der Waals surface area (Å²) in [5, 5.41) is 1.24. The van der Waals surface area contributed by atoms with Crippen molar-refractivity contribution in [2.75, 3.05) is 44.2 Å². The van der Waals surface area contributed by atoms with Crippen LogP contribution in [0.15, 0.2) is 11.4 Å². The Kier molecular flexibility index (Phi) is 6.22. The van der Waals surface area contributed by atoms with Crippen molar-refractivity contribution in [2.24, 2.45) is 0 Å². The average molecular weight is 537 g/mol. The van der Waals surface area contributed by atoms with Crippen LogP contribution in [0, 0.1) is 0 Å². The number of likely N-dealkylation sites (tertiary alicyclic amines) is 2. The molecule has 0 unspecified atom stereocenters. The molecule has 0 aliphatic carbocycles. The number of hydrogen-bond acceptors (Lipinski definition) is 6. The lowest BCUT2D eigenvalue weighted by atomic mass is 10.1. The van der Waals surface area contributed by atoms with Gasteiger partial charge in [-0.1, -0.05) is 0 Å². The van der Waals surface area contributed by atoms with Gasteiger partial charge in [0, 0.05) is 57.5 Å². The summed E-state index contributed by atoms with van der Waals surface area (Å²) in [6, 6.07) is 1.04. The molecule has 0 bridgehead atoms. The number of pyridine rings is 1. The molecule has 0 saturated carbocycles. The summed E-state index contributed by atoms with van der Waals surface area (Å²) in [6.07, 6.45) is -4.40. The van der Waals surface area contributed by atoms with Gasteiger partial charge in [0.05, 0.1) is 32.1 Å². The molecule has 5 heterocycles. The number of carbonyl (C=O) groups is 2. The van der Waals surface area contributed by atoms with Crippen molar-refractivity contribution < 1.29 is 27.5 Å². The number of anilines is 1. The molecule has 0 radical (unpaired) electrons. The first-order chi connectivity index (χ1) is 16.1. The highest BCUT2D eigenvalue weighted by molar-refractivity contribution is 7.17. The molecule has 13 heteroatoms. The molecule has 3 aliphatic rings. The number of aromatic nitrogens is 1. The Balaban J connectivity index is 1.35. The first kappa shape index (κ1) is 23.7. The van der Waals surface area contributed by atoms with E-state index in [9.17, 15) is 22.8 Å². The Bertz CT molecular complexity index is 1110. The van der Waals surface area contributed by atoms with Crippen LogP contribution < -0.4 is 4.90 Å². The van der Waals surface area contributed by atoms with Crippen molar-refractivity contribution in [1.29, 1.82) is 0 Å². The Morgan fingerprint density at radius 1 is 1.06 bits per heavy atom. The maximum absolute atomic E-state index is 13.9. The Hall–Kier alpha value is -1.98. The fraction of sp³-hybridized carbons (Fsp3) is 0.571. The van der Waals surface area contributed by atoms with Crippen LogP contribution in [-0.2, 0) is 10.9 Å². The van der Waals surface area contributed by atoms with E-state index in [4.69, 9.17) is 27.9 Å². The van der Waals surface area contributed by atoms with Gasteiger partial charge in [-0.25, -0.2) is 9.78 Å². The predicted molar refractivity (Wildman–Crippen MR) is 123 cm³/mol. The number of carbonyl (C=O) groups excluding carboxylic acids is 2. The first-order valence-corrected chi connectivity index (χ1v) is 12.6. The lowest BCUT2D eigenvalue weighted by Gasteiger charge is -2.37. The summed E-state index contributed by atoms with van der Waals surface area (Å²) in [5.41, 5.74) is -0.593. The number of fused-ring (bicyclic) bond motifs is 1. The van der Waals surface area contributed by atoms with Crippen LogP contribution in [0.3, 0.4) is 0 Å². The van der Waals surface area contributed by atoms with Crippen molar-refractivity contribution in [3.05, 3.63) is 22.6 Å². The smallest absolute Gasteiger partial charge is 0.417 e. The quantitative estimate of drug-likeness (QED) is 0.543. The Morgan fingerprint density at radius 2 is 1.68 bits per heavy atom. The van der Waals surface area contributed by atoms with Gasteiger partial charge in [0.15, 0.2) is 0 Å². The predicted octanol–water partition coefficient (Wildman–Crippen LogP) is 4.41.